The van der Waals surface area contributed by atoms with Crippen molar-refractivity contribution in [1.82, 2.24) is 5.32 Å². The molecule has 1 unspecified atom stereocenters. The van der Waals surface area contributed by atoms with Crippen LogP contribution in [0, 0.1) is 5.92 Å². The molecular weight excluding hydrogens is 345 g/mol. The topological polar surface area (TPSA) is 29.1 Å². The molecule has 0 radical (unpaired) electrons. The summed E-state index contributed by atoms with van der Waals surface area (Å²) in [7, 11) is 0. The van der Waals surface area contributed by atoms with Crippen LogP contribution in [0.4, 0.5) is 0 Å². The SMILES string of the molecule is O=C(NC(c1cccs1)C1CCCC1)c1cc(Cl)sc1Cl. The average Bonchev–Trinajstić information content (AvgIpc) is 3.17. The Morgan fingerprint density at radius 2 is 2.10 bits per heavy atom. The fourth-order valence-corrected chi connectivity index (χ4v) is 5.22. The monoisotopic (exact) mass is 359 g/mol. The Morgan fingerprint density at radius 1 is 1.33 bits per heavy atom. The van der Waals surface area contributed by atoms with Crippen molar-refractivity contribution in [2.24, 2.45) is 5.92 Å². The summed E-state index contributed by atoms with van der Waals surface area (Å²) >= 11 is 14.9. The molecule has 0 aliphatic heterocycles. The molecule has 112 valence electrons. The average molecular weight is 360 g/mol. The lowest BCUT2D eigenvalue weighted by molar-refractivity contribution is 0.0923. The Bertz CT molecular complexity index is 618. The molecule has 6 heteroatoms. The molecule has 1 N–H and O–H groups in total. The van der Waals surface area contributed by atoms with Crippen molar-refractivity contribution in [1.29, 1.82) is 0 Å². The molecule has 1 aliphatic carbocycles. The van der Waals surface area contributed by atoms with E-state index in [1.165, 1.54) is 41.9 Å². The first-order valence-corrected chi connectivity index (χ1v) is 9.39. The van der Waals surface area contributed by atoms with Crippen molar-refractivity contribution in [2.45, 2.75) is 31.7 Å². The zero-order chi connectivity index (χ0) is 14.8. The fraction of sp³-hybridized carbons (Fsp3) is 0.400. The second-order valence-electron chi connectivity index (χ2n) is 5.25. The Kier molecular flexibility index (Phi) is 4.89. The van der Waals surface area contributed by atoms with E-state index in [2.05, 4.69) is 16.8 Å². The minimum absolute atomic E-state index is 0.0785. The molecule has 2 aromatic heterocycles. The smallest absolute Gasteiger partial charge is 0.254 e. The van der Waals surface area contributed by atoms with Gasteiger partial charge in [0.15, 0.2) is 0 Å². The highest BCUT2D eigenvalue weighted by Crippen LogP contribution is 2.38. The molecule has 21 heavy (non-hydrogen) atoms. The molecule has 0 aromatic carbocycles. The number of carbonyl (C=O) groups is 1. The number of hydrogen-bond acceptors (Lipinski definition) is 3. The van der Waals surface area contributed by atoms with Gasteiger partial charge < -0.3 is 5.32 Å². The molecule has 0 bridgehead atoms. The summed E-state index contributed by atoms with van der Waals surface area (Å²) in [6.45, 7) is 0. The molecule has 1 aliphatic rings. The maximum Gasteiger partial charge on any atom is 0.254 e. The number of thiophene rings is 2. The third kappa shape index (κ3) is 3.45. The summed E-state index contributed by atoms with van der Waals surface area (Å²) in [6.07, 6.45) is 4.82. The van der Waals surface area contributed by atoms with E-state index >= 15 is 0 Å². The summed E-state index contributed by atoms with van der Waals surface area (Å²) in [4.78, 5) is 13.7. The molecule has 2 nitrogen and oxygen atoms in total. The van der Waals surface area contributed by atoms with Gasteiger partial charge in [0.1, 0.15) is 4.34 Å². The van der Waals surface area contributed by atoms with E-state index in [0.717, 1.165) is 0 Å². The maximum absolute atomic E-state index is 12.5. The van der Waals surface area contributed by atoms with Crippen LogP contribution in [0.25, 0.3) is 0 Å². The van der Waals surface area contributed by atoms with Crippen LogP contribution in [0.5, 0.6) is 0 Å². The van der Waals surface area contributed by atoms with Crippen molar-refractivity contribution < 1.29 is 4.79 Å². The van der Waals surface area contributed by atoms with Crippen molar-refractivity contribution in [3.63, 3.8) is 0 Å². The van der Waals surface area contributed by atoms with Crippen molar-refractivity contribution in [3.05, 3.63) is 42.7 Å². The summed E-state index contributed by atoms with van der Waals surface area (Å²) in [5, 5.41) is 5.22. The molecular formula is C15H15Cl2NOS2. The normalized spacial score (nSPS) is 17.0. The minimum Gasteiger partial charge on any atom is -0.344 e. The first kappa shape index (κ1) is 15.3. The van der Waals surface area contributed by atoms with Gasteiger partial charge in [-0.25, -0.2) is 0 Å². The van der Waals surface area contributed by atoms with E-state index in [9.17, 15) is 4.79 Å². The number of hydrogen-bond donors (Lipinski definition) is 1. The lowest BCUT2D eigenvalue weighted by atomic mass is 9.96. The van der Waals surface area contributed by atoms with Gasteiger partial charge in [-0.15, -0.1) is 22.7 Å². The van der Waals surface area contributed by atoms with Crippen LogP contribution < -0.4 is 5.32 Å². The second-order valence-corrected chi connectivity index (χ2v) is 8.51. The highest BCUT2D eigenvalue weighted by atomic mass is 35.5. The van der Waals surface area contributed by atoms with Crippen molar-refractivity contribution in [3.8, 4) is 0 Å². The largest absolute Gasteiger partial charge is 0.344 e. The summed E-state index contributed by atoms with van der Waals surface area (Å²) in [6, 6.07) is 5.85. The van der Waals surface area contributed by atoms with Gasteiger partial charge in [0.2, 0.25) is 0 Å². The fourth-order valence-electron chi connectivity index (χ4n) is 2.89. The van der Waals surface area contributed by atoms with Gasteiger partial charge in [0.25, 0.3) is 5.91 Å². The number of nitrogens with one attached hydrogen (secondary N) is 1. The number of amides is 1. The highest BCUT2D eigenvalue weighted by Gasteiger charge is 2.29. The van der Waals surface area contributed by atoms with Gasteiger partial charge in [0, 0.05) is 4.88 Å². The zero-order valence-corrected chi connectivity index (χ0v) is 14.4. The standard InChI is InChI=1S/C15H15Cl2NOS2/c16-12-8-10(14(17)21-12)15(19)18-13(9-4-1-2-5-9)11-6-3-7-20-11/h3,6-9,13H,1-2,4-5H2,(H,18,19). The first-order chi connectivity index (χ1) is 10.1. The third-order valence-electron chi connectivity index (χ3n) is 3.91. The molecule has 1 amide bonds. The summed E-state index contributed by atoms with van der Waals surface area (Å²) < 4.78 is 0.993. The first-order valence-electron chi connectivity index (χ1n) is 6.94. The van der Waals surface area contributed by atoms with Crippen LogP contribution in [0.1, 0.15) is 47.0 Å². The van der Waals surface area contributed by atoms with E-state index < -0.39 is 0 Å². The van der Waals surface area contributed by atoms with Crippen LogP contribution in [0.3, 0.4) is 0 Å². The van der Waals surface area contributed by atoms with Gasteiger partial charge in [-0.3, -0.25) is 4.79 Å². The molecule has 2 heterocycles. The lowest BCUT2D eigenvalue weighted by Crippen LogP contribution is -2.32. The summed E-state index contributed by atoms with van der Waals surface area (Å²) in [5.41, 5.74) is 0.478. The van der Waals surface area contributed by atoms with E-state index in [1.807, 2.05) is 6.07 Å². The Hall–Kier alpha value is -0.550. The van der Waals surface area contributed by atoms with Crippen molar-refractivity contribution >= 4 is 51.8 Å². The van der Waals surface area contributed by atoms with Crippen LogP contribution in [-0.2, 0) is 0 Å². The van der Waals surface area contributed by atoms with Gasteiger partial charge >= 0.3 is 0 Å². The number of halogens is 2. The zero-order valence-electron chi connectivity index (χ0n) is 11.3. The van der Waals surface area contributed by atoms with Crippen molar-refractivity contribution in [2.75, 3.05) is 0 Å². The Labute approximate surface area is 142 Å². The maximum atomic E-state index is 12.5. The Morgan fingerprint density at radius 3 is 2.67 bits per heavy atom. The van der Waals surface area contributed by atoms with E-state index in [1.54, 1.807) is 17.4 Å². The number of carbonyl (C=O) groups excluding carboxylic acids is 1. The van der Waals surface area contributed by atoms with E-state index in [0.29, 0.717) is 20.2 Å². The number of rotatable bonds is 4. The van der Waals surface area contributed by atoms with Gasteiger partial charge in [0.05, 0.1) is 15.9 Å². The third-order valence-corrected chi connectivity index (χ3v) is 6.35. The minimum atomic E-state index is -0.131. The Balaban J connectivity index is 1.81. The molecule has 0 saturated heterocycles. The lowest BCUT2D eigenvalue weighted by Gasteiger charge is -2.23. The van der Waals surface area contributed by atoms with E-state index in [-0.39, 0.29) is 11.9 Å². The molecule has 2 aromatic rings. The van der Waals surface area contributed by atoms with E-state index in [4.69, 9.17) is 23.2 Å². The van der Waals surface area contributed by atoms with Crippen LogP contribution in [0.2, 0.25) is 8.67 Å². The second kappa shape index (κ2) is 6.69. The van der Waals surface area contributed by atoms with Gasteiger partial charge in [-0.2, -0.15) is 0 Å². The summed E-state index contributed by atoms with van der Waals surface area (Å²) in [5.74, 6) is 0.383. The van der Waals surface area contributed by atoms with Crippen LogP contribution in [0.15, 0.2) is 23.6 Å². The van der Waals surface area contributed by atoms with Crippen LogP contribution >= 0.6 is 45.9 Å². The highest BCUT2D eigenvalue weighted by molar-refractivity contribution is 7.20. The predicted octanol–water partition coefficient (Wildman–Crippen LogP) is 5.78. The van der Waals surface area contributed by atoms with Crippen LogP contribution in [-0.4, -0.2) is 5.91 Å². The predicted molar refractivity (Wildman–Crippen MR) is 90.8 cm³/mol. The van der Waals surface area contributed by atoms with Gasteiger partial charge in [-0.1, -0.05) is 42.1 Å². The molecule has 1 atom stereocenters. The molecule has 1 fully saturated rings. The molecule has 0 spiro atoms. The quantitative estimate of drug-likeness (QED) is 0.736. The molecule has 1 saturated carbocycles. The van der Waals surface area contributed by atoms with Gasteiger partial charge in [-0.05, 0) is 36.3 Å². The molecule has 3 rings (SSSR count).